The van der Waals surface area contributed by atoms with Crippen LogP contribution in [0.3, 0.4) is 0 Å². The summed E-state index contributed by atoms with van der Waals surface area (Å²) in [6, 6.07) is 10.5. The SMILES string of the molecule is CCCC(C)NCC(C)Sc1nnnn1-c1ccccc1. The van der Waals surface area contributed by atoms with Gasteiger partial charge in [-0.05, 0) is 35.9 Å². The van der Waals surface area contributed by atoms with E-state index in [1.807, 2.05) is 30.3 Å². The fraction of sp³-hybridized carbons (Fsp3) is 0.533. The van der Waals surface area contributed by atoms with E-state index in [0.717, 1.165) is 17.4 Å². The van der Waals surface area contributed by atoms with Crippen LogP contribution in [0.25, 0.3) is 5.69 Å². The number of rotatable bonds is 8. The molecule has 2 aromatic rings. The van der Waals surface area contributed by atoms with Gasteiger partial charge in [0.05, 0.1) is 5.69 Å². The van der Waals surface area contributed by atoms with Crippen molar-refractivity contribution in [1.29, 1.82) is 0 Å². The first kappa shape index (κ1) is 16.0. The number of nitrogens with one attached hydrogen (secondary N) is 1. The number of para-hydroxylation sites is 1. The molecule has 1 N–H and O–H groups in total. The Hall–Kier alpha value is -1.40. The van der Waals surface area contributed by atoms with E-state index in [0.29, 0.717) is 11.3 Å². The van der Waals surface area contributed by atoms with E-state index in [-0.39, 0.29) is 0 Å². The van der Waals surface area contributed by atoms with Crippen molar-refractivity contribution in [2.75, 3.05) is 6.54 Å². The van der Waals surface area contributed by atoms with E-state index in [1.54, 1.807) is 16.4 Å². The van der Waals surface area contributed by atoms with E-state index in [2.05, 4.69) is 41.6 Å². The average Bonchev–Trinajstić information content (AvgIpc) is 2.94. The third kappa shape index (κ3) is 4.82. The second kappa shape index (κ2) is 8.14. The van der Waals surface area contributed by atoms with E-state index < -0.39 is 0 Å². The molecule has 0 bridgehead atoms. The molecule has 0 fully saturated rings. The number of thioether (sulfide) groups is 1. The molecule has 1 aromatic heterocycles. The van der Waals surface area contributed by atoms with Crippen LogP contribution in [0, 0.1) is 0 Å². The summed E-state index contributed by atoms with van der Waals surface area (Å²) in [6.07, 6.45) is 2.42. The smallest absolute Gasteiger partial charge is 0.214 e. The molecule has 2 rings (SSSR count). The molecule has 0 aliphatic heterocycles. The Labute approximate surface area is 130 Å². The number of aromatic nitrogens is 4. The number of benzene rings is 1. The Morgan fingerprint density at radius 1 is 1.24 bits per heavy atom. The lowest BCUT2D eigenvalue weighted by atomic mass is 10.2. The van der Waals surface area contributed by atoms with Crippen LogP contribution >= 0.6 is 11.8 Å². The van der Waals surface area contributed by atoms with Crippen molar-refractivity contribution in [3.63, 3.8) is 0 Å². The summed E-state index contributed by atoms with van der Waals surface area (Å²) < 4.78 is 1.79. The van der Waals surface area contributed by atoms with E-state index >= 15 is 0 Å². The minimum Gasteiger partial charge on any atom is -0.313 e. The van der Waals surface area contributed by atoms with Gasteiger partial charge in [-0.25, -0.2) is 0 Å². The zero-order chi connectivity index (χ0) is 15.1. The molecule has 0 saturated heterocycles. The van der Waals surface area contributed by atoms with Gasteiger partial charge in [-0.2, -0.15) is 4.68 Å². The number of hydrogen-bond donors (Lipinski definition) is 1. The monoisotopic (exact) mass is 305 g/mol. The molecule has 0 spiro atoms. The van der Waals surface area contributed by atoms with Gasteiger partial charge in [-0.3, -0.25) is 0 Å². The van der Waals surface area contributed by atoms with E-state index in [4.69, 9.17) is 0 Å². The molecule has 114 valence electrons. The lowest BCUT2D eigenvalue weighted by Gasteiger charge is -2.16. The van der Waals surface area contributed by atoms with Gasteiger partial charge < -0.3 is 5.32 Å². The highest BCUT2D eigenvalue weighted by Crippen LogP contribution is 2.22. The van der Waals surface area contributed by atoms with Gasteiger partial charge >= 0.3 is 0 Å². The van der Waals surface area contributed by atoms with Gasteiger partial charge in [0.25, 0.3) is 0 Å². The Morgan fingerprint density at radius 2 is 2.00 bits per heavy atom. The van der Waals surface area contributed by atoms with Gasteiger partial charge in [-0.15, -0.1) is 5.10 Å². The third-order valence-corrected chi connectivity index (χ3v) is 4.26. The first-order valence-corrected chi connectivity index (χ1v) is 8.32. The zero-order valence-corrected chi connectivity index (χ0v) is 13.7. The fourth-order valence-electron chi connectivity index (χ4n) is 2.11. The lowest BCUT2D eigenvalue weighted by Crippen LogP contribution is -2.31. The van der Waals surface area contributed by atoms with Gasteiger partial charge in [0.15, 0.2) is 0 Å². The molecule has 6 heteroatoms. The van der Waals surface area contributed by atoms with Gasteiger partial charge in [-0.1, -0.05) is 50.2 Å². The van der Waals surface area contributed by atoms with Gasteiger partial charge in [0, 0.05) is 17.8 Å². The maximum Gasteiger partial charge on any atom is 0.214 e. The normalized spacial score (nSPS) is 14.0. The quantitative estimate of drug-likeness (QED) is 0.760. The lowest BCUT2D eigenvalue weighted by molar-refractivity contribution is 0.511. The van der Waals surface area contributed by atoms with Crippen molar-refractivity contribution in [1.82, 2.24) is 25.5 Å². The largest absolute Gasteiger partial charge is 0.313 e. The first-order chi connectivity index (χ1) is 10.2. The summed E-state index contributed by atoms with van der Waals surface area (Å²) in [6.45, 7) is 7.59. The molecular formula is C15H23N5S. The Balaban J connectivity index is 1.93. The molecule has 1 heterocycles. The molecule has 5 nitrogen and oxygen atoms in total. The number of nitrogens with zero attached hydrogens (tertiary/aromatic N) is 4. The molecule has 21 heavy (non-hydrogen) atoms. The summed E-state index contributed by atoms with van der Waals surface area (Å²) in [5.74, 6) is 0. The second-order valence-electron chi connectivity index (χ2n) is 5.24. The van der Waals surface area contributed by atoms with Crippen LogP contribution in [-0.4, -0.2) is 38.0 Å². The van der Waals surface area contributed by atoms with Crippen LogP contribution in [0.5, 0.6) is 0 Å². The summed E-state index contributed by atoms with van der Waals surface area (Å²) >= 11 is 1.70. The Kier molecular flexibility index (Phi) is 6.20. The standard InChI is InChI=1S/C15H23N5S/c1-4-8-12(2)16-11-13(3)21-15-17-18-19-20(15)14-9-6-5-7-10-14/h5-7,9-10,12-13,16H,4,8,11H2,1-3H3. The summed E-state index contributed by atoms with van der Waals surface area (Å²) in [5, 5.41) is 16.8. The van der Waals surface area contributed by atoms with Crippen molar-refractivity contribution in [3.8, 4) is 5.69 Å². The number of tetrazole rings is 1. The topological polar surface area (TPSA) is 55.6 Å². The third-order valence-electron chi connectivity index (χ3n) is 3.22. The van der Waals surface area contributed by atoms with Crippen LogP contribution in [-0.2, 0) is 0 Å². The average molecular weight is 305 g/mol. The van der Waals surface area contributed by atoms with E-state index in [1.165, 1.54) is 12.8 Å². The molecule has 2 unspecified atom stereocenters. The first-order valence-electron chi connectivity index (χ1n) is 7.44. The maximum atomic E-state index is 4.13. The van der Waals surface area contributed by atoms with Gasteiger partial charge in [0.2, 0.25) is 5.16 Å². The molecule has 0 radical (unpaired) electrons. The molecule has 0 aliphatic carbocycles. The van der Waals surface area contributed by atoms with Crippen LogP contribution in [0.1, 0.15) is 33.6 Å². The molecule has 0 amide bonds. The summed E-state index contributed by atoms with van der Waals surface area (Å²) in [5.41, 5.74) is 0.990. The summed E-state index contributed by atoms with van der Waals surface area (Å²) in [7, 11) is 0. The van der Waals surface area contributed by atoms with Crippen molar-refractivity contribution in [2.24, 2.45) is 0 Å². The van der Waals surface area contributed by atoms with Crippen LogP contribution in [0.15, 0.2) is 35.5 Å². The minimum atomic E-state index is 0.415. The molecule has 0 saturated carbocycles. The summed E-state index contributed by atoms with van der Waals surface area (Å²) in [4.78, 5) is 0. The van der Waals surface area contributed by atoms with Crippen molar-refractivity contribution in [2.45, 2.75) is 50.1 Å². The second-order valence-corrected chi connectivity index (χ2v) is 6.64. The van der Waals surface area contributed by atoms with E-state index in [9.17, 15) is 0 Å². The van der Waals surface area contributed by atoms with Gasteiger partial charge in [0.1, 0.15) is 0 Å². The highest BCUT2D eigenvalue weighted by atomic mass is 32.2. The predicted octanol–water partition coefficient (Wildman–Crippen LogP) is 2.92. The highest BCUT2D eigenvalue weighted by molar-refractivity contribution is 7.99. The molecule has 1 aromatic carbocycles. The van der Waals surface area contributed by atoms with Crippen molar-refractivity contribution >= 4 is 11.8 Å². The fourth-order valence-corrected chi connectivity index (χ4v) is 2.97. The number of hydrogen-bond acceptors (Lipinski definition) is 5. The maximum absolute atomic E-state index is 4.13. The van der Waals surface area contributed by atoms with Crippen LogP contribution in [0.4, 0.5) is 0 Å². The van der Waals surface area contributed by atoms with Crippen molar-refractivity contribution < 1.29 is 0 Å². The zero-order valence-electron chi connectivity index (χ0n) is 12.9. The molecule has 0 aliphatic rings. The molecular weight excluding hydrogens is 282 g/mol. The molecule has 2 atom stereocenters. The van der Waals surface area contributed by atoms with Crippen LogP contribution in [0.2, 0.25) is 0 Å². The van der Waals surface area contributed by atoms with Crippen LogP contribution < -0.4 is 5.32 Å². The van der Waals surface area contributed by atoms with Crippen molar-refractivity contribution in [3.05, 3.63) is 30.3 Å². The Bertz CT molecular complexity index is 528. The minimum absolute atomic E-state index is 0.415. The Morgan fingerprint density at radius 3 is 2.71 bits per heavy atom. The highest BCUT2D eigenvalue weighted by Gasteiger charge is 2.13. The predicted molar refractivity (Wildman–Crippen MR) is 86.8 cm³/mol.